The van der Waals surface area contributed by atoms with Crippen molar-refractivity contribution in [2.45, 2.75) is 44.1 Å². The maximum Gasteiger partial charge on any atom is 0.226 e. The van der Waals surface area contributed by atoms with Crippen LogP contribution in [-0.4, -0.2) is 36.6 Å². The molecule has 0 spiro atoms. The number of carbonyl (C=O) groups excluding carboxylic acids is 1. The summed E-state index contributed by atoms with van der Waals surface area (Å²) in [6.07, 6.45) is 11.5. The van der Waals surface area contributed by atoms with Crippen LogP contribution >= 0.6 is 0 Å². The number of methoxy groups -OCH3 is 1. The van der Waals surface area contributed by atoms with Gasteiger partial charge in [-0.25, -0.2) is 0 Å². The van der Waals surface area contributed by atoms with Crippen molar-refractivity contribution in [3.8, 4) is 12.3 Å². The molecule has 0 aromatic carbocycles. The Morgan fingerprint density at radius 3 is 2.65 bits per heavy atom. The maximum absolute atomic E-state index is 12.2. The first-order valence-corrected chi connectivity index (χ1v) is 6.45. The number of hydrogen-bond donors (Lipinski definition) is 0. The SMILES string of the molecule is C#CCN(CC1CC1)C(=O)CC1(OC)CCC1. The molecule has 3 heteroatoms. The Labute approximate surface area is 104 Å². The van der Waals surface area contributed by atoms with Crippen molar-refractivity contribution in [3.63, 3.8) is 0 Å². The molecule has 0 N–H and O–H groups in total. The van der Waals surface area contributed by atoms with Crippen LogP contribution in [-0.2, 0) is 9.53 Å². The molecule has 0 radical (unpaired) electrons. The van der Waals surface area contributed by atoms with E-state index in [9.17, 15) is 4.79 Å². The number of carbonyl (C=O) groups is 1. The van der Waals surface area contributed by atoms with Crippen LogP contribution in [0.4, 0.5) is 0 Å². The quantitative estimate of drug-likeness (QED) is 0.657. The normalized spacial score (nSPS) is 21.4. The summed E-state index contributed by atoms with van der Waals surface area (Å²) in [4.78, 5) is 14.0. The second-order valence-electron chi connectivity index (χ2n) is 5.34. The van der Waals surface area contributed by atoms with Crippen molar-refractivity contribution < 1.29 is 9.53 Å². The number of terminal acetylenes is 1. The number of rotatable bonds is 6. The lowest BCUT2D eigenvalue weighted by atomic mass is 9.77. The molecule has 94 valence electrons. The van der Waals surface area contributed by atoms with Gasteiger partial charge in [0, 0.05) is 13.7 Å². The molecule has 0 heterocycles. The van der Waals surface area contributed by atoms with Gasteiger partial charge in [0.2, 0.25) is 5.91 Å². The Morgan fingerprint density at radius 1 is 1.53 bits per heavy atom. The summed E-state index contributed by atoms with van der Waals surface area (Å²) in [5.41, 5.74) is -0.187. The van der Waals surface area contributed by atoms with Gasteiger partial charge in [0.25, 0.3) is 0 Å². The fourth-order valence-electron chi connectivity index (χ4n) is 2.39. The molecule has 2 aliphatic carbocycles. The van der Waals surface area contributed by atoms with Gasteiger partial charge in [-0.3, -0.25) is 4.79 Å². The highest BCUT2D eigenvalue weighted by atomic mass is 16.5. The molecule has 2 aliphatic rings. The Morgan fingerprint density at radius 2 is 2.24 bits per heavy atom. The molecular formula is C14H21NO2. The summed E-state index contributed by atoms with van der Waals surface area (Å²) in [6.45, 7) is 1.28. The van der Waals surface area contributed by atoms with E-state index in [0.29, 0.717) is 18.9 Å². The first-order valence-electron chi connectivity index (χ1n) is 6.45. The van der Waals surface area contributed by atoms with Crippen LogP contribution in [0.2, 0.25) is 0 Å². The molecule has 1 amide bonds. The molecule has 0 saturated heterocycles. The molecule has 0 aliphatic heterocycles. The zero-order valence-corrected chi connectivity index (χ0v) is 10.6. The van der Waals surface area contributed by atoms with Crippen LogP contribution in [0.5, 0.6) is 0 Å². The smallest absolute Gasteiger partial charge is 0.226 e. The third-order valence-corrected chi connectivity index (χ3v) is 3.98. The van der Waals surface area contributed by atoms with E-state index in [4.69, 9.17) is 11.2 Å². The van der Waals surface area contributed by atoms with E-state index in [1.165, 1.54) is 19.3 Å². The molecule has 17 heavy (non-hydrogen) atoms. The Bertz CT molecular complexity index is 318. The highest BCUT2D eigenvalue weighted by Gasteiger charge is 2.40. The zero-order chi connectivity index (χ0) is 12.3. The zero-order valence-electron chi connectivity index (χ0n) is 10.6. The maximum atomic E-state index is 12.2. The minimum Gasteiger partial charge on any atom is -0.378 e. The standard InChI is InChI=1S/C14H21NO2/c1-3-9-15(11-12-5-6-12)13(16)10-14(17-2)7-4-8-14/h1,12H,4-11H2,2H3. The fraction of sp³-hybridized carbons (Fsp3) is 0.786. The lowest BCUT2D eigenvalue weighted by Crippen LogP contribution is -2.45. The van der Waals surface area contributed by atoms with Gasteiger partial charge >= 0.3 is 0 Å². The van der Waals surface area contributed by atoms with E-state index >= 15 is 0 Å². The number of hydrogen-bond acceptors (Lipinski definition) is 2. The van der Waals surface area contributed by atoms with Crippen molar-refractivity contribution in [1.29, 1.82) is 0 Å². The molecule has 0 atom stereocenters. The van der Waals surface area contributed by atoms with E-state index in [-0.39, 0.29) is 11.5 Å². The van der Waals surface area contributed by atoms with Gasteiger partial charge in [-0.1, -0.05) is 5.92 Å². The van der Waals surface area contributed by atoms with E-state index < -0.39 is 0 Å². The van der Waals surface area contributed by atoms with Gasteiger partial charge in [0.05, 0.1) is 18.6 Å². The largest absolute Gasteiger partial charge is 0.378 e. The third kappa shape index (κ3) is 3.01. The minimum atomic E-state index is -0.187. The molecule has 3 nitrogen and oxygen atoms in total. The summed E-state index contributed by atoms with van der Waals surface area (Å²) in [7, 11) is 1.71. The molecule has 2 saturated carbocycles. The van der Waals surface area contributed by atoms with Crippen molar-refractivity contribution >= 4 is 5.91 Å². The van der Waals surface area contributed by atoms with E-state index in [1.54, 1.807) is 7.11 Å². The first kappa shape index (κ1) is 12.4. The van der Waals surface area contributed by atoms with Gasteiger partial charge in [-0.15, -0.1) is 6.42 Å². The minimum absolute atomic E-state index is 0.163. The topological polar surface area (TPSA) is 29.5 Å². The van der Waals surface area contributed by atoms with Crippen LogP contribution in [0.3, 0.4) is 0 Å². The lowest BCUT2D eigenvalue weighted by molar-refractivity contribution is -0.143. The van der Waals surface area contributed by atoms with Crippen molar-refractivity contribution in [1.82, 2.24) is 4.90 Å². The van der Waals surface area contributed by atoms with Gasteiger partial charge in [0.15, 0.2) is 0 Å². The van der Waals surface area contributed by atoms with Gasteiger partial charge in [-0.05, 0) is 38.0 Å². The van der Waals surface area contributed by atoms with E-state index in [0.717, 1.165) is 19.4 Å². The molecule has 2 fully saturated rings. The van der Waals surface area contributed by atoms with Crippen LogP contribution in [0.1, 0.15) is 38.5 Å². The van der Waals surface area contributed by atoms with Crippen LogP contribution in [0.15, 0.2) is 0 Å². The highest BCUT2D eigenvalue weighted by molar-refractivity contribution is 5.77. The fourth-order valence-corrected chi connectivity index (χ4v) is 2.39. The third-order valence-electron chi connectivity index (χ3n) is 3.98. The number of ether oxygens (including phenoxy) is 1. The Kier molecular flexibility index (Phi) is 3.73. The summed E-state index contributed by atoms with van der Waals surface area (Å²) in [6, 6.07) is 0. The van der Waals surface area contributed by atoms with Gasteiger partial charge < -0.3 is 9.64 Å². The summed E-state index contributed by atoms with van der Waals surface area (Å²) in [5, 5.41) is 0. The molecular weight excluding hydrogens is 214 g/mol. The molecule has 0 aromatic heterocycles. The van der Waals surface area contributed by atoms with Crippen LogP contribution in [0.25, 0.3) is 0 Å². The average molecular weight is 235 g/mol. The molecule has 0 bridgehead atoms. The second-order valence-corrected chi connectivity index (χ2v) is 5.34. The summed E-state index contributed by atoms with van der Waals surface area (Å²) >= 11 is 0. The first-order chi connectivity index (χ1) is 8.19. The monoisotopic (exact) mass is 235 g/mol. The second kappa shape index (κ2) is 5.10. The van der Waals surface area contributed by atoms with Crippen LogP contribution < -0.4 is 0 Å². The molecule has 0 aromatic rings. The van der Waals surface area contributed by atoms with Crippen molar-refractivity contribution in [3.05, 3.63) is 0 Å². The predicted molar refractivity (Wildman–Crippen MR) is 66.3 cm³/mol. The van der Waals surface area contributed by atoms with Crippen molar-refractivity contribution in [2.75, 3.05) is 20.2 Å². The number of nitrogens with zero attached hydrogens (tertiary/aromatic N) is 1. The summed E-state index contributed by atoms with van der Waals surface area (Å²) in [5.74, 6) is 3.44. The lowest BCUT2D eigenvalue weighted by Gasteiger charge is -2.41. The van der Waals surface area contributed by atoms with E-state index in [2.05, 4.69) is 5.92 Å². The van der Waals surface area contributed by atoms with Crippen molar-refractivity contribution in [2.24, 2.45) is 5.92 Å². The average Bonchev–Trinajstić information content (AvgIpc) is 3.06. The Hall–Kier alpha value is -1.01. The predicted octanol–water partition coefficient (Wildman–Crippen LogP) is 1.82. The Balaban J connectivity index is 1.88. The van der Waals surface area contributed by atoms with Gasteiger partial charge in [-0.2, -0.15) is 0 Å². The highest BCUT2D eigenvalue weighted by Crippen LogP contribution is 2.38. The molecule has 0 unspecified atom stereocenters. The number of amides is 1. The van der Waals surface area contributed by atoms with Gasteiger partial charge in [0.1, 0.15) is 0 Å². The molecule has 2 rings (SSSR count). The summed E-state index contributed by atoms with van der Waals surface area (Å²) < 4.78 is 5.49. The van der Waals surface area contributed by atoms with Crippen LogP contribution in [0, 0.1) is 18.3 Å². The van der Waals surface area contributed by atoms with E-state index in [1.807, 2.05) is 4.90 Å².